The molecule has 0 spiro atoms. The van der Waals surface area contributed by atoms with E-state index in [1.807, 2.05) is 30.7 Å². The van der Waals surface area contributed by atoms with Gasteiger partial charge in [-0.15, -0.1) is 0 Å². The standard InChI is InChI=1S/C15H17FN2O2S/c1-9-4-5-12(6-13(9)16)11(3)18-7-10(2)17-15(18)21-8-14(19)20/h4-7,11H,8H2,1-3H3,(H,19,20). The minimum Gasteiger partial charge on any atom is -0.481 e. The van der Waals surface area contributed by atoms with Crippen molar-refractivity contribution in [3.63, 3.8) is 0 Å². The highest BCUT2D eigenvalue weighted by atomic mass is 32.2. The summed E-state index contributed by atoms with van der Waals surface area (Å²) in [4.78, 5) is 15.0. The van der Waals surface area contributed by atoms with Crippen molar-refractivity contribution in [2.45, 2.75) is 32.0 Å². The SMILES string of the molecule is Cc1cn(C(C)c2ccc(C)c(F)c2)c(SCC(=O)O)n1. The highest BCUT2D eigenvalue weighted by Gasteiger charge is 2.16. The molecule has 0 aliphatic carbocycles. The van der Waals surface area contributed by atoms with Crippen LogP contribution in [0.4, 0.5) is 4.39 Å². The number of imidazole rings is 1. The van der Waals surface area contributed by atoms with E-state index in [4.69, 9.17) is 5.11 Å². The predicted octanol–water partition coefficient (Wildman–Crippen LogP) is 3.43. The first-order chi connectivity index (χ1) is 9.88. The third kappa shape index (κ3) is 3.64. The van der Waals surface area contributed by atoms with Crippen molar-refractivity contribution < 1.29 is 14.3 Å². The average molecular weight is 308 g/mol. The molecule has 1 unspecified atom stereocenters. The smallest absolute Gasteiger partial charge is 0.313 e. The number of thioether (sulfide) groups is 1. The Morgan fingerprint density at radius 1 is 1.48 bits per heavy atom. The molecular weight excluding hydrogens is 291 g/mol. The molecule has 0 aliphatic heterocycles. The molecule has 1 atom stereocenters. The first-order valence-corrected chi connectivity index (χ1v) is 7.53. The second-order valence-electron chi connectivity index (χ2n) is 4.94. The minimum absolute atomic E-state index is 0.0502. The van der Waals surface area contributed by atoms with Gasteiger partial charge in [0, 0.05) is 6.20 Å². The Hall–Kier alpha value is -1.82. The molecule has 2 aromatic rings. The van der Waals surface area contributed by atoms with Crippen molar-refractivity contribution in [3.05, 3.63) is 47.0 Å². The lowest BCUT2D eigenvalue weighted by Gasteiger charge is -2.16. The van der Waals surface area contributed by atoms with Gasteiger partial charge in [0.05, 0.1) is 17.5 Å². The van der Waals surface area contributed by atoms with Gasteiger partial charge < -0.3 is 9.67 Å². The van der Waals surface area contributed by atoms with Crippen molar-refractivity contribution in [1.29, 1.82) is 0 Å². The largest absolute Gasteiger partial charge is 0.481 e. The van der Waals surface area contributed by atoms with Crippen molar-refractivity contribution in [2.75, 3.05) is 5.75 Å². The summed E-state index contributed by atoms with van der Waals surface area (Å²) >= 11 is 1.16. The van der Waals surface area contributed by atoms with Crippen LogP contribution in [0, 0.1) is 19.7 Å². The van der Waals surface area contributed by atoms with Crippen LogP contribution in [0.1, 0.15) is 29.8 Å². The molecule has 2 rings (SSSR count). The summed E-state index contributed by atoms with van der Waals surface area (Å²) < 4.78 is 15.6. The van der Waals surface area contributed by atoms with E-state index in [0.717, 1.165) is 23.0 Å². The molecule has 0 saturated carbocycles. The monoisotopic (exact) mass is 308 g/mol. The lowest BCUT2D eigenvalue weighted by molar-refractivity contribution is -0.133. The maximum absolute atomic E-state index is 13.7. The van der Waals surface area contributed by atoms with Crippen LogP contribution in [0.2, 0.25) is 0 Å². The van der Waals surface area contributed by atoms with E-state index in [1.165, 1.54) is 6.07 Å². The summed E-state index contributed by atoms with van der Waals surface area (Å²) in [6.07, 6.45) is 1.85. The fraction of sp³-hybridized carbons (Fsp3) is 0.333. The summed E-state index contributed by atoms with van der Waals surface area (Å²) in [5.74, 6) is -1.18. The van der Waals surface area contributed by atoms with E-state index in [-0.39, 0.29) is 17.6 Å². The van der Waals surface area contributed by atoms with E-state index in [2.05, 4.69) is 4.98 Å². The maximum Gasteiger partial charge on any atom is 0.313 e. The van der Waals surface area contributed by atoms with Crippen molar-refractivity contribution in [3.8, 4) is 0 Å². The Morgan fingerprint density at radius 3 is 2.81 bits per heavy atom. The average Bonchev–Trinajstić information content (AvgIpc) is 2.80. The molecule has 1 aromatic carbocycles. The lowest BCUT2D eigenvalue weighted by Crippen LogP contribution is -2.09. The molecule has 0 aliphatic rings. The number of nitrogens with zero attached hydrogens (tertiary/aromatic N) is 2. The van der Waals surface area contributed by atoms with Crippen LogP contribution in [0.15, 0.2) is 29.6 Å². The summed E-state index contributed by atoms with van der Waals surface area (Å²) in [7, 11) is 0. The van der Waals surface area contributed by atoms with Crippen molar-refractivity contribution in [2.24, 2.45) is 0 Å². The van der Waals surface area contributed by atoms with E-state index in [9.17, 15) is 9.18 Å². The Morgan fingerprint density at radius 2 is 2.19 bits per heavy atom. The van der Waals surface area contributed by atoms with E-state index in [0.29, 0.717) is 10.7 Å². The molecule has 6 heteroatoms. The molecule has 1 N–H and O–H groups in total. The van der Waals surface area contributed by atoms with Gasteiger partial charge in [-0.2, -0.15) is 0 Å². The number of rotatable bonds is 5. The molecule has 0 amide bonds. The number of hydrogen-bond donors (Lipinski definition) is 1. The third-order valence-corrected chi connectivity index (χ3v) is 4.19. The van der Waals surface area contributed by atoms with Gasteiger partial charge in [-0.1, -0.05) is 23.9 Å². The van der Waals surface area contributed by atoms with Gasteiger partial charge in [-0.05, 0) is 38.0 Å². The van der Waals surface area contributed by atoms with Gasteiger partial charge >= 0.3 is 5.97 Å². The normalized spacial score (nSPS) is 12.4. The zero-order valence-electron chi connectivity index (χ0n) is 12.1. The van der Waals surface area contributed by atoms with E-state index < -0.39 is 5.97 Å². The number of benzene rings is 1. The molecule has 0 bridgehead atoms. The molecular formula is C15H17FN2O2S. The van der Waals surface area contributed by atoms with Gasteiger partial charge in [0.2, 0.25) is 0 Å². The number of halogens is 1. The van der Waals surface area contributed by atoms with Gasteiger partial charge in [-0.3, -0.25) is 4.79 Å². The number of aryl methyl sites for hydroxylation is 2. The Balaban J connectivity index is 2.31. The van der Waals surface area contributed by atoms with Crippen LogP contribution in [-0.2, 0) is 4.79 Å². The third-order valence-electron chi connectivity index (χ3n) is 3.24. The highest BCUT2D eigenvalue weighted by molar-refractivity contribution is 7.99. The fourth-order valence-corrected chi connectivity index (χ4v) is 2.86. The Labute approximate surface area is 127 Å². The zero-order chi connectivity index (χ0) is 15.6. The quantitative estimate of drug-likeness (QED) is 0.860. The number of aromatic nitrogens is 2. The number of hydrogen-bond acceptors (Lipinski definition) is 3. The molecule has 0 radical (unpaired) electrons. The van der Waals surface area contributed by atoms with Crippen LogP contribution in [0.3, 0.4) is 0 Å². The molecule has 21 heavy (non-hydrogen) atoms. The first-order valence-electron chi connectivity index (χ1n) is 6.54. The Bertz CT molecular complexity index is 670. The molecule has 0 saturated heterocycles. The molecule has 1 heterocycles. The molecule has 1 aromatic heterocycles. The number of carboxylic acids is 1. The Kier molecular flexibility index (Phi) is 4.67. The van der Waals surface area contributed by atoms with Crippen LogP contribution >= 0.6 is 11.8 Å². The first kappa shape index (κ1) is 15.6. The number of aliphatic carboxylic acids is 1. The zero-order valence-corrected chi connectivity index (χ0v) is 12.9. The summed E-state index contributed by atoms with van der Waals surface area (Å²) in [5.41, 5.74) is 2.24. The van der Waals surface area contributed by atoms with E-state index >= 15 is 0 Å². The predicted molar refractivity (Wildman–Crippen MR) is 80.3 cm³/mol. The van der Waals surface area contributed by atoms with E-state index in [1.54, 1.807) is 13.0 Å². The van der Waals surface area contributed by atoms with Crippen molar-refractivity contribution in [1.82, 2.24) is 9.55 Å². The van der Waals surface area contributed by atoms with Crippen LogP contribution < -0.4 is 0 Å². The second kappa shape index (κ2) is 6.30. The summed E-state index contributed by atoms with van der Waals surface area (Å²) in [6, 6.07) is 5.03. The molecule has 112 valence electrons. The van der Waals surface area contributed by atoms with Gasteiger partial charge in [0.15, 0.2) is 5.16 Å². The summed E-state index contributed by atoms with van der Waals surface area (Å²) in [6.45, 7) is 5.51. The number of carboxylic acid groups (broad SMARTS) is 1. The van der Waals surface area contributed by atoms with Crippen LogP contribution in [0.5, 0.6) is 0 Å². The van der Waals surface area contributed by atoms with Crippen molar-refractivity contribution >= 4 is 17.7 Å². The summed E-state index contributed by atoms with van der Waals surface area (Å²) in [5, 5.41) is 9.42. The van der Waals surface area contributed by atoms with Gasteiger partial charge in [0.1, 0.15) is 5.82 Å². The second-order valence-corrected chi connectivity index (χ2v) is 5.88. The van der Waals surface area contributed by atoms with Gasteiger partial charge in [-0.25, -0.2) is 9.37 Å². The molecule has 0 fully saturated rings. The number of carbonyl (C=O) groups is 1. The topological polar surface area (TPSA) is 55.1 Å². The molecule has 4 nitrogen and oxygen atoms in total. The fourth-order valence-electron chi connectivity index (χ4n) is 2.03. The van der Waals surface area contributed by atoms with Crippen LogP contribution in [-0.4, -0.2) is 26.4 Å². The van der Waals surface area contributed by atoms with Gasteiger partial charge in [0.25, 0.3) is 0 Å². The van der Waals surface area contributed by atoms with Crippen LogP contribution in [0.25, 0.3) is 0 Å². The maximum atomic E-state index is 13.7. The lowest BCUT2D eigenvalue weighted by atomic mass is 10.1. The minimum atomic E-state index is -0.888. The highest BCUT2D eigenvalue weighted by Crippen LogP contribution is 2.27.